The number of nitrogens with zero attached hydrogens (tertiary/aromatic N) is 2. The van der Waals surface area contributed by atoms with Crippen molar-refractivity contribution in [3.8, 4) is 5.75 Å². The van der Waals surface area contributed by atoms with Crippen molar-refractivity contribution >= 4 is 11.6 Å². The number of benzene rings is 1. The molecule has 18 heavy (non-hydrogen) atoms. The Morgan fingerprint density at radius 3 is 2.89 bits per heavy atom. The summed E-state index contributed by atoms with van der Waals surface area (Å²) < 4.78 is 10.9. The third kappa shape index (κ3) is 3.21. The van der Waals surface area contributed by atoms with Crippen molar-refractivity contribution < 1.29 is 9.15 Å². The van der Waals surface area contributed by atoms with Crippen molar-refractivity contribution in [3.63, 3.8) is 0 Å². The van der Waals surface area contributed by atoms with Gasteiger partial charge in [-0.05, 0) is 36.7 Å². The molecule has 0 saturated heterocycles. The molecular weight excluding hydrogens is 254 g/mol. The number of aryl methyl sites for hydroxylation is 1. The van der Waals surface area contributed by atoms with Crippen LogP contribution in [0.4, 0.5) is 0 Å². The fraction of sp³-hybridized carbons (Fsp3) is 0.333. The average Bonchev–Trinajstić information content (AvgIpc) is 2.75. The monoisotopic (exact) mass is 267 g/mol. The maximum atomic E-state index is 5.94. The van der Waals surface area contributed by atoms with Crippen LogP contribution in [0.25, 0.3) is 0 Å². The van der Waals surface area contributed by atoms with E-state index in [1.54, 1.807) is 13.0 Å². The van der Waals surface area contributed by atoms with Crippen LogP contribution in [0.2, 0.25) is 5.02 Å². The molecule has 2 aromatic rings. The first-order valence-electron chi connectivity index (χ1n) is 5.59. The third-order valence-electron chi connectivity index (χ3n) is 2.36. The van der Waals surface area contributed by atoms with Crippen LogP contribution >= 0.6 is 11.6 Å². The lowest BCUT2D eigenvalue weighted by molar-refractivity contribution is 0.258. The van der Waals surface area contributed by atoms with Crippen molar-refractivity contribution in [2.75, 3.05) is 6.54 Å². The lowest BCUT2D eigenvalue weighted by Gasteiger charge is -2.09. The molecule has 0 unspecified atom stereocenters. The van der Waals surface area contributed by atoms with Gasteiger partial charge in [0.05, 0.1) is 0 Å². The van der Waals surface area contributed by atoms with Crippen LogP contribution in [0, 0.1) is 6.92 Å². The van der Waals surface area contributed by atoms with Crippen molar-refractivity contribution in [1.82, 2.24) is 10.2 Å². The van der Waals surface area contributed by atoms with Gasteiger partial charge in [0.1, 0.15) is 5.75 Å². The van der Waals surface area contributed by atoms with Gasteiger partial charge < -0.3 is 14.9 Å². The molecule has 0 radical (unpaired) electrons. The molecule has 0 aliphatic heterocycles. The van der Waals surface area contributed by atoms with Crippen molar-refractivity contribution in [1.29, 1.82) is 0 Å². The topological polar surface area (TPSA) is 74.2 Å². The van der Waals surface area contributed by atoms with Gasteiger partial charge in [-0.15, -0.1) is 10.2 Å². The molecule has 0 saturated carbocycles. The van der Waals surface area contributed by atoms with Crippen LogP contribution in [-0.2, 0) is 13.0 Å². The summed E-state index contributed by atoms with van der Waals surface area (Å²) in [5, 5.41) is 8.26. The van der Waals surface area contributed by atoms with E-state index in [0.29, 0.717) is 29.8 Å². The molecule has 0 atom stereocenters. The van der Waals surface area contributed by atoms with E-state index >= 15 is 0 Å². The lowest BCUT2D eigenvalue weighted by Crippen LogP contribution is -2.05. The molecule has 1 heterocycles. The first-order chi connectivity index (χ1) is 8.69. The average molecular weight is 268 g/mol. The number of rotatable bonds is 5. The fourth-order valence-corrected chi connectivity index (χ4v) is 1.77. The number of ether oxygens (including phenoxy) is 1. The van der Waals surface area contributed by atoms with Crippen LogP contribution in [0.1, 0.15) is 17.3 Å². The highest BCUT2D eigenvalue weighted by Gasteiger charge is 2.07. The molecule has 2 rings (SSSR count). The second-order valence-corrected chi connectivity index (χ2v) is 4.23. The Morgan fingerprint density at radius 2 is 2.22 bits per heavy atom. The molecule has 0 aliphatic carbocycles. The second-order valence-electron chi connectivity index (χ2n) is 3.79. The largest absolute Gasteiger partial charge is 0.484 e. The molecular formula is C12H14ClN3O2. The van der Waals surface area contributed by atoms with Gasteiger partial charge >= 0.3 is 0 Å². The van der Waals surface area contributed by atoms with Gasteiger partial charge in [-0.3, -0.25) is 0 Å². The molecule has 96 valence electrons. The van der Waals surface area contributed by atoms with E-state index < -0.39 is 0 Å². The van der Waals surface area contributed by atoms with Gasteiger partial charge in [-0.1, -0.05) is 11.6 Å². The SMILES string of the molecule is Cc1nnc(COc2ccc(Cl)cc2CCN)o1. The summed E-state index contributed by atoms with van der Waals surface area (Å²) in [5.41, 5.74) is 6.52. The van der Waals surface area contributed by atoms with Gasteiger partial charge in [-0.25, -0.2) is 0 Å². The van der Waals surface area contributed by atoms with E-state index in [4.69, 9.17) is 26.5 Å². The molecule has 1 aromatic heterocycles. The molecule has 0 amide bonds. The number of hydrogen-bond acceptors (Lipinski definition) is 5. The molecule has 0 bridgehead atoms. The van der Waals surface area contributed by atoms with Gasteiger partial charge in [0, 0.05) is 11.9 Å². The minimum Gasteiger partial charge on any atom is -0.484 e. The van der Waals surface area contributed by atoms with Gasteiger partial charge in [0.2, 0.25) is 5.89 Å². The highest BCUT2D eigenvalue weighted by molar-refractivity contribution is 6.30. The van der Waals surface area contributed by atoms with Crippen LogP contribution in [0.5, 0.6) is 5.75 Å². The van der Waals surface area contributed by atoms with Gasteiger partial charge in [0.25, 0.3) is 5.89 Å². The highest BCUT2D eigenvalue weighted by Crippen LogP contribution is 2.24. The maximum absolute atomic E-state index is 5.94. The number of halogens is 1. The Kier molecular flexibility index (Phi) is 4.17. The number of aromatic nitrogens is 2. The molecule has 0 aliphatic rings. The van der Waals surface area contributed by atoms with Crippen molar-refractivity contribution in [2.24, 2.45) is 5.73 Å². The van der Waals surface area contributed by atoms with Gasteiger partial charge in [0.15, 0.2) is 6.61 Å². The Labute approximate surface area is 110 Å². The van der Waals surface area contributed by atoms with Crippen molar-refractivity contribution in [2.45, 2.75) is 20.0 Å². The zero-order chi connectivity index (χ0) is 13.0. The van der Waals surface area contributed by atoms with E-state index in [2.05, 4.69) is 10.2 Å². The molecule has 5 nitrogen and oxygen atoms in total. The summed E-state index contributed by atoms with van der Waals surface area (Å²) in [6.07, 6.45) is 0.707. The Bertz CT molecular complexity index is 528. The van der Waals surface area contributed by atoms with Gasteiger partial charge in [-0.2, -0.15) is 0 Å². The molecule has 0 spiro atoms. The maximum Gasteiger partial charge on any atom is 0.253 e. The first kappa shape index (κ1) is 12.9. The minimum atomic E-state index is 0.236. The number of nitrogens with two attached hydrogens (primary N) is 1. The van der Waals surface area contributed by atoms with E-state index in [9.17, 15) is 0 Å². The first-order valence-corrected chi connectivity index (χ1v) is 5.97. The standard InChI is InChI=1S/C12H14ClN3O2/c1-8-15-16-12(18-8)7-17-11-3-2-10(13)6-9(11)4-5-14/h2-3,6H,4-5,7,14H2,1H3. The summed E-state index contributed by atoms with van der Waals surface area (Å²) in [6, 6.07) is 5.44. The molecule has 0 fully saturated rings. The zero-order valence-electron chi connectivity index (χ0n) is 10.0. The highest BCUT2D eigenvalue weighted by atomic mass is 35.5. The zero-order valence-corrected chi connectivity index (χ0v) is 10.8. The Hall–Kier alpha value is -1.59. The summed E-state index contributed by atoms with van der Waals surface area (Å²) >= 11 is 5.94. The molecule has 1 aromatic carbocycles. The summed E-state index contributed by atoms with van der Waals surface area (Å²) in [6.45, 7) is 2.51. The van der Waals surface area contributed by atoms with Crippen LogP contribution < -0.4 is 10.5 Å². The van der Waals surface area contributed by atoms with E-state index in [1.165, 1.54) is 0 Å². The number of hydrogen-bond donors (Lipinski definition) is 1. The predicted octanol–water partition coefficient (Wildman–Crippen LogP) is 2.11. The van der Waals surface area contributed by atoms with E-state index in [1.807, 2.05) is 12.1 Å². The smallest absolute Gasteiger partial charge is 0.253 e. The third-order valence-corrected chi connectivity index (χ3v) is 2.59. The van der Waals surface area contributed by atoms with E-state index in [-0.39, 0.29) is 6.61 Å². The Balaban J connectivity index is 2.08. The second kappa shape index (κ2) is 5.84. The van der Waals surface area contributed by atoms with Crippen LogP contribution in [0.15, 0.2) is 22.6 Å². The van der Waals surface area contributed by atoms with E-state index in [0.717, 1.165) is 11.3 Å². The molecule has 2 N–H and O–H groups in total. The van der Waals surface area contributed by atoms with Crippen LogP contribution in [-0.4, -0.2) is 16.7 Å². The van der Waals surface area contributed by atoms with Crippen molar-refractivity contribution in [3.05, 3.63) is 40.6 Å². The van der Waals surface area contributed by atoms with Crippen LogP contribution in [0.3, 0.4) is 0 Å². The summed E-state index contributed by atoms with van der Waals surface area (Å²) in [4.78, 5) is 0. The quantitative estimate of drug-likeness (QED) is 0.898. The normalized spacial score (nSPS) is 10.6. The summed E-state index contributed by atoms with van der Waals surface area (Å²) in [5.74, 6) is 1.70. The molecule has 6 heteroatoms. The minimum absolute atomic E-state index is 0.236. The Morgan fingerprint density at radius 1 is 1.39 bits per heavy atom. The summed E-state index contributed by atoms with van der Waals surface area (Å²) in [7, 11) is 0. The lowest BCUT2D eigenvalue weighted by atomic mass is 10.1. The predicted molar refractivity (Wildman–Crippen MR) is 67.6 cm³/mol. The fourth-order valence-electron chi connectivity index (χ4n) is 1.58.